The lowest BCUT2D eigenvalue weighted by atomic mass is 10.4. The zero-order valence-electron chi connectivity index (χ0n) is 10.8. The zero-order valence-corrected chi connectivity index (χ0v) is 11.6. The summed E-state index contributed by atoms with van der Waals surface area (Å²) in [6.45, 7) is 6.58. The largest absolute Gasteiger partial charge is 0.380 e. The third-order valence-electron chi connectivity index (χ3n) is 2.33. The van der Waals surface area contributed by atoms with Crippen LogP contribution in [-0.4, -0.2) is 39.7 Å². The highest BCUT2D eigenvalue weighted by Gasteiger charge is 2.15. The Morgan fingerprint density at radius 1 is 1.39 bits per heavy atom. The molecule has 0 aliphatic carbocycles. The lowest BCUT2D eigenvalue weighted by Gasteiger charge is -2.04. The number of hydrogen-bond donors (Lipinski definition) is 3. The molecule has 7 heteroatoms. The average molecular weight is 275 g/mol. The van der Waals surface area contributed by atoms with E-state index in [1.165, 1.54) is 6.20 Å². The van der Waals surface area contributed by atoms with Gasteiger partial charge in [0.05, 0.1) is 11.5 Å². The predicted molar refractivity (Wildman–Crippen MR) is 69.9 cm³/mol. The van der Waals surface area contributed by atoms with Crippen LogP contribution in [0.4, 0.5) is 0 Å². The maximum Gasteiger partial charge on any atom is 0.242 e. The first-order valence-corrected chi connectivity index (χ1v) is 7.54. The van der Waals surface area contributed by atoms with Gasteiger partial charge in [0.1, 0.15) is 0 Å². The number of H-pyrrole nitrogens is 1. The van der Waals surface area contributed by atoms with Gasteiger partial charge in [0.2, 0.25) is 10.0 Å². The molecule has 0 saturated heterocycles. The van der Waals surface area contributed by atoms with Gasteiger partial charge in [-0.05, 0) is 19.5 Å². The molecule has 1 heterocycles. The second kappa shape index (κ2) is 7.52. The van der Waals surface area contributed by atoms with Crippen LogP contribution < -0.4 is 10.0 Å². The van der Waals surface area contributed by atoms with Crippen molar-refractivity contribution in [1.29, 1.82) is 0 Å². The van der Waals surface area contributed by atoms with Crippen molar-refractivity contribution in [2.75, 3.05) is 26.3 Å². The van der Waals surface area contributed by atoms with Crippen molar-refractivity contribution in [2.24, 2.45) is 0 Å². The van der Waals surface area contributed by atoms with Crippen LogP contribution in [0.5, 0.6) is 0 Å². The Hall–Kier alpha value is -0.890. The van der Waals surface area contributed by atoms with Crippen LogP contribution in [0.2, 0.25) is 0 Å². The Morgan fingerprint density at radius 3 is 2.83 bits per heavy atom. The maximum atomic E-state index is 11.9. The molecule has 3 N–H and O–H groups in total. The van der Waals surface area contributed by atoms with Crippen molar-refractivity contribution in [3.8, 4) is 0 Å². The van der Waals surface area contributed by atoms with E-state index in [-0.39, 0.29) is 11.4 Å². The third kappa shape index (κ3) is 4.77. The topological polar surface area (TPSA) is 83.2 Å². The number of hydrogen-bond acceptors (Lipinski definition) is 4. The molecule has 0 atom stereocenters. The first kappa shape index (κ1) is 15.2. The fraction of sp³-hybridized carbons (Fsp3) is 0.636. The summed E-state index contributed by atoms with van der Waals surface area (Å²) in [5, 5.41) is 3.12. The summed E-state index contributed by atoms with van der Waals surface area (Å²) in [5.74, 6) is 0. The summed E-state index contributed by atoms with van der Waals surface area (Å²) < 4.78 is 31.3. The van der Waals surface area contributed by atoms with Crippen molar-refractivity contribution in [3.05, 3.63) is 18.0 Å². The monoisotopic (exact) mass is 275 g/mol. The number of ether oxygens (including phenoxy) is 1. The minimum Gasteiger partial charge on any atom is -0.380 e. The number of rotatable bonds is 9. The van der Waals surface area contributed by atoms with Gasteiger partial charge in [-0.1, -0.05) is 6.92 Å². The van der Waals surface area contributed by atoms with Gasteiger partial charge in [0.25, 0.3) is 0 Å². The van der Waals surface area contributed by atoms with E-state index in [9.17, 15) is 8.42 Å². The summed E-state index contributed by atoms with van der Waals surface area (Å²) in [6, 6.07) is 1.63. The van der Waals surface area contributed by atoms with E-state index < -0.39 is 10.0 Å². The standard InChI is InChI=1S/C11H21N3O3S/c1-3-12-8-10-7-11(9-13-10)18(15,16)14-5-6-17-4-2/h7,9,12-14H,3-6,8H2,1-2H3. The van der Waals surface area contributed by atoms with Crippen LogP contribution in [0.25, 0.3) is 0 Å². The Kier molecular flexibility index (Phi) is 6.34. The molecule has 0 saturated carbocycles. The van der Waals surface area contributed by atoms with Gasteiger partial charge in [0.15, 0.2) is 0 Å². The number of nitrogens with one attached hydrogen (secondary N) is 3. The van der Waals surface area contributed by atoms with Crippen molar-refractivity contribution >= 4 is 10.0 Å². The molecule has 0 aliphatic rings. The quantitative estimate of drug-likeness (QED) is 0.571. The number of aromatic amines is 1. The van der Waals surface area contributed by atoms with Gasteiger partial charge in [0, 0.05) is 31.6 Å². The summed E-state index contributed by atoms with van der Waals surface area (Å²) in [7, 11) is -3.43. The molecule has 18 heavy (non-hydrogen) atoms. The van der Waals surface area contributed by atoms with Gasteiger partial charge in [-0.2, -0.15) is 0 Å². The van der Waals surface area contributed by atoms with E-state index in [0.29, 0.717) is 19.8 Å². The molecule has 0 bridgehead atoms. The molecular formula is C11H21N3O3S. The Balaban J connectivity index is 2.53. The van der Waals surface area contributed by atoms with Crippen molar-refractivity contribution < 1.29 is 13.2 Å². The molecular weight excluding hydrogens is 254 g/mol. The summed E-state index contributed by atoms with van der Waals surface area (Å²) in [6.07, 6.45) is 1.50. The van der Waals surface area contributed by atoms with Crippen LogP contribution in [0, 0.1) is 0 Å². The summed E-state index contributed by atoms with van der Waals surface area (Å²) in [5.41, 5.74) is 0.849. The Morgan fingerprint density at radius 2 is 2.17 bits per heavy atom. The number of sulfonamides is 1. The van der Waals surface area contributed by atoms with Gasteiger partial charge >= 0.3 is 0 Å². The fourth-order valence-electron chi connectivity index (χ4n) is 1.41. The van der Waals surface area contributed by atoms with E-state index in [2.05, 4.69) is 15.0 Å². The van der Waals surface area contributed by atoms with Gasteiger partial charge in [-0.25, -0.2) is 13.1 Å². The summed E-state index contributed by atoms with van der Waals surface area (Å²) >= 11 is 0. The third-order valence-corrected chi connectivity index (χ3v) is 3.78. The zero-order chi connectivity index (χ0) is 13.4. The van der Waals surface area contributed by atoms with Crippen LogP contribution in [-0.2, 0) is 21.3 Å². The van der Waals surface area contributed by atoms with Crippen molar-refractivity contribution in [2.45, 2.75) is 25.3 Å². The molecule has 0 spiro atoms. The minimum atomic E-state index is -3.43. The van der Waals surface area contributed by atoms with Gasteiger partial charge in [-0.15, -0.1) is 0 Å². The van der Waals surface area contributed by atoms with E-state index >= 15 is 0 Å². The second-order valence-corrected chi connectivity index (χ2v) is 5.50. The van der Waals surface area contributed by atoms with E-state index in [4.69, 9.17) is 4.74 Å². The minimum absolute atomic E-state index is 0.256. The molecule has 0 radical (unpaired) electrons. The van der Waals surface area contributed by atoms with Crippen molar-refractivity contribution in [3.63, 3.8) is 0 Å². The molecule has 0 fully saturated rings. The van der Waals surface area contributed by atoms with E-state index in [1.54, 1.807) is 6.07 Å². The van der Waals surface area contributed by atoms with E-state index in [0.717, 1.165) is 12.2 Å². The lowest BCUT2D eigenvalue weighted by Crippen LogP contribution is -2.27. The molecule has 0 amide bonds. The first-order chi connectivity index (χ1) is 8.60. The van der Waals surface area contributed by atoms with Gasteiger partial charge < -0.3 is 15.0 Å². The first-order valence-electron chi connectivity index (χ1n) is 6.05. The van der Waals surface area contributed by atoms with Gasteiger partial charge in [-0.3, -0.25) is 0 Å². The molecule has 104 valence electrons. The van der Waals surface area contributed by atoms with Crippen LogP contribution in [0.15, 0.2) is 17.2 Å². The van der Waals surface area contributed by atoms with Crippen LogP contribution in [0.3, 0.4) is 0 Å². The van der Waals surface area contributed by atoms with Crippen LogP contribution in [0.1, 0.15) is 19.5 Å². The summed E-state index contributed by atoms with van der Waals surface area (Å²) in [4.78, 5) is 3.19. The lowest BCUT2D eigenvalue weighted by molar-refractivity contribution is 0.153. The molecule has 6 nitrogen and oxygen atoms in total. The molecule has 0 aliphatic heterocycles. The molecule has 0 unspecified atom stereocenters. The van der Waals surface area contributed by atoms with Crippen LogP contribution >= 0.6 is 0 Å². The SMILES string of the molecule is CCNCc1cc(S(=O)(=O)NCCOCC)c[nH]1. The highest BCUT2D eigenvalue weighted by Crippen LogP contribution is 2.10. The Bertz CT molecular complexity index is 442. The molecule has 0 aromatic carbocycles. The fourth-order valence-corrected chi connectivity index (χ4v) is 2.44. The molecule has 1 aromatic rings. The maximum absolute atomic E-state index is 11.9. The van der Waals surface area contributed by atoms with E-state index in [1.807, 2.05) is 13.8 Å². The normalized spacial score (nSPS) is 11.9. The smallest absolute Gasteiger partial charge is 0.242 e. The highest BCUT2D eigenvalue weighted by molar-refractivity contribution is 7.89. The molecule has 1 aromatic heterocycles. The second-order valence-electron chi connectivity index (χ2n) is 3.74. The average Bonchev–Trinajstić information content (AvgIpc) is 2.81. The predicted octanol–water partition coefficient (Wildman–Crippen LogP) is 0.439. The highest BCUT2D eigenvalue weighted by atomic mass is 32.2. The number of aromatic nitrogens is 1. The van der Waals surface area contributed by atoms with Crippen molar-refractivity contribution in [1.82, 2.24) is 15.0 Å². The molecule has 1 rings (SSSR count). The Labute approximate surface area is 108 Å².